The van der Waals surface area contributed by atoms with Crippen molar-refractivity contribution in [1.29, 1.82) is 5.41 Å². The molecule has 0 atom stereocenters. The zero-order chi connectivity index (χ0) is 17.6. The molecule has 0 aliphatic heterocycles. The third-order valence-corrected chi connectivity index (χ3v) is 4.99. The predicted molar refractivity (Wildman–Crippen MR) is 109 cm³/mol. The van der Waals surface area contributed by atoms with Gasteiger partial charge < -0.3 is 9.80 Å². The molecule has 0 spiro atoms. The van der Waals surface area contributed by atoms with E-state index in [1.54, 1.807) is 0 Å². The SMILES string of the molecule is CN(C(=N)N(C)c1ccc2cccc3c2c1C=C3)c1ccc(Cl)cc1. The zero-order valence-electron chi connectivity index (χ0n) is 14.1. The molecule has 124 valence electrons. The Morgan fingerprint density at radius 3 is 2.40 bits per heavy atom. The van der Waals surface area contributed by atoms with Crippen LogP contribution in [0, 0.1) is 5.41 Å². The number of nitrogens with one attached hydrogen (secondary N) is 1. The van der Waals surface area contributed by atoms with Crippen molar-refractivity contribution in [3.05, 3.63) is 70.7 Å². The summed E-state index contributed by atoms with van der Waals surface area (Å²) in [6, 6.07) is 18.1. The van der Waals surface area contributed by atoms with E-state index in [1.165, 1.54) is 21.9 Å². The number of rotatable bonds is 2. The molecule has 0 amide bonds. The van der Waals surface area contributed by atoms with E-state index in [4.69, 9.17) is 17.0 Å². The van der Waals surface area contributed by atoms with E-state index < -0.39 is 0 Å². The van der Waals surface area contributed by atoms with Crippen molar-refractivity contribution >= 4 is 51.9 Å². The second kappa shape index (κ2) is 5.94. The summed E-state index contributed by atoms with van der Waals surface area (Å²) in [6.07, 6.45) is 4.28. The van der Waals surface area contributed by atoms with Gasteiger partial charge in [-0.15, -0.1) is 0 Å². The van der Waals surface area contributed by atoms with Gasteiger partial charge in [-0.2, -0.15) is 0 Å². The summed E-state index contributed by atoms with van der Waals surface area (Å²) in [6.45, 7) is 0. The van der Waals surface area contributed by atoms with Crippen LogP contribution in [0.1, 0.15) is 11.1 Å². The highest BCUT2D eigenvalue weighted by atomic mass is 35.5. The molecule has 0 saturated carbocycles. The molecule has 1 N–H and O–H groups in total. The van der Waals surface area contributed by atoms with Crippen LogP contribution in [-0.4, -0.2) is 20.1 Å². The second-order valence-electron chi connectivity index (χ2n) is 6.20. The highest BCUT2D eigenvalue weighted by Gasteiger charge is 2.19. The second-order valence-corrected chi connectivity index (χ2v) is 6.63. The van der Waals surface area contributed by atoms with Crippen molar-refractivity contribution in [3.63, 3.8) is 0 Å². The number of hydrogen-bond acceptors (Lipinski definition) is 1. The van der Waals surface area contributed by atoms with Crippen molar-refractivity contribution in [2.75, 3.05) is 23.9 Å². The smallest absolute Gasteiger partial charge is 0.202 e. The van der Waals surface area contributed by atoms with Gasteiger partial charge in [0.2, 0.25) is 5.96 Å². The first-order chi connectivity index (χ1) is 12.1. The minimum atomic E-state index is 0.399. The summed E-state index contributed by atoms with van der Waals surface area (Å²) in [4.78, 5) is 3.76. The van der Waals surface area contributed by atoms with E-state index in [0.29, 0.717) is 11.0 Å². The average Bonchev–Trinajstić information content (AvgIpc) is 3.07. The molecule has 25 heavy (non-hydrogen) atoms. The van der Waals surface area contributed by atoms with Crippen LogP contribution < -0.4 is 9.80 Å². The number of halogens is 1. The lowest BCUT2D eigenvalue weighted by molar-refractivity contribution is 1.12. The molecule has 3 aromatic rings. The van der Waals surface area contributed by atoms with E-state index in [0.717, 1.165) is 11.4 Å². The largest absolute Gasteiger partial charge is 0.316 e. The van der Waals surface area contributed by atoms with Crippen LogP contribution in [0.4, 0.5) is 11.4 Å². The highest BCUT2D eigenvalue weighted by molar-refractivity contribution is 6.30. The summed E-state index contributed by atoms with van der Waals surface area (Å²) in [5.41, 5.74) is 4.36. The monoisotopic (exact) mass is 347 g/mol. The van der Waals surface area contributed by atoms with E-state index in [9.17, 15) is 0 Å². The lowest BCUT2D eigenvalue weighted by atomic mass is 10.0. The van der Waals surface area contributed by atoms with Gasteiger partial charge in [0.1, 0.15) is 0 Å². The van der Waals surface area contributed by atoms with Gasteiger partial charge in [-0.05, 0) is 46.7 Å². The Labute approximate surface area is 152 Å². The van der Waals surface area contributed by atoms with Gasteiger partial charge in [-0.3, -0.25) is 5.41 Å². The van der Waals surface area contributed by atoms with Crippen molar-refractivity contribution in [2.24, 2.45) is 0 Å². The maximum Gasteiger partial charge on any atom is 0.202 e. The molecule has 4 heteroatoms. The predicted octanol–water partition coefficient (Wildman–Crippen LogP) is 5.48. The summed E-state index contributed by atoms with van der Waals surface area (Å²) >= 11 is 5.96. The summed E-state index contributed by atoms with van der Waals surface area (Å²) < 4.78 is 0. The molecule has 0 aromatic heterocycles. The maximum atomic E-state index is 8.62. The number of guanidine groups is 1. The van der Waals surface area contributed by atoms with Crippen molar-refractivity contribution < 1.29 is 0 Å². The van der Waals surface area contributed by atoms with Gasteiger partial charge in [0.25, 0.3) is 0 Å². The van der Waals surface area contributed by atoms with E-state index in [1.807, 2.05) is 48.2 Å². The first-order valence-electron chi connectivity index (χ1n) is 8.11. The highest BCUT2D eigenvalue weighted by Crippen LogP contribution is 2.37. The molecular weight excluding hydrogens is 330 g/mol. The van der Waals surface area contributed by atoms with Gasteiger partial charge in [-0.1, -0.05) is 48.0 Å². The molecule has 3 aromatic carbocycles. The number of nitrogens with zero attached hydrogens (tertiary/aromatic N) is 2. The van der Waals surface area contributed by atoms with Crippen LogP contribution in [0.2, 0.25) is 5.02 Å². The Hall–Kier alpha value is -2.78. The van der Waals surface area contributed by atoms with Crippen LogP contribution in [0.25, 0.3) is 22.9 Å². The molecule has 0 unspecified atom stereocenters. The van der Waals surface area contributed by atoms with Gasteiger partial charge in [-0.25, -0.2) is 0 Å². The van der Waals surface area contributed by atoms with Crippen molar-refractivity contribution in [2.45, 2.75) is 0 Å². The zero-order valence-corrected chi connectivity index (χ0v) is 14.9. The van der Waals surface area contributed by atoms with Gasteiger partial charge in [0.15, 0.2) is 0 Å². The Bertz CT molecular complexity index is 1010. The van der Waals surface area contributed by atoms with E-state index in [-0.39, 0.29) is 0 Å². The fourth-order valence-corrected chi connectivity index (χ4v) is 3.45. The Kier molecular flexibility index (Phi) is 3.74. The van der Waals surface area contributed by atoms with Crippen LogP contribution >= 0.6 is 11.6 Å². The molecule has 0 fully saturated rings. The van der Waals surface area contributed by atoms with E-state index in [2.05, 4.69) is 42.5 Å². The van der Waals surface area contributed by atoms with Crippen LogP contribution in [0.3, 0.4) is 0 Å². The third kappa shape index (κ3) is 2.57. The number of anilines is 2. The third-order valence-electron chi connectivity index (χ3n) is 4.74. The normalized spacial score (nSPS) is 11.8. The summed E-state index contributed by atoms with van der Waals surface area (Å²) in [5.74, 6) is 0.399. The van der Waals surface area contributed by atoms with Crippen molar-refractivity contribution in [1.82, 2.24) is 0 Å². The average molecular weight is 348 g/mol. The molecule has 1 aliphatic rings. The van der Waals surface area contributed by atoms with E-state index >= 15 is 0 Å². The molecule has 0 saturated heterocycles. The molecule has 1 aliphatic carbocycles. The minimum absolute atomic E-state index is 0.399. The summed E-state index contributed by atoms with van der Waals surface area (Å²) in [5, 5.41) is 11.8. The molecule has 0 bridgehead atoms. The van der Waals surface area contributed by atoms with Crippen LogP contribution in [0.5, 0.6) is 0 Å². The minimum Gasteiger partial charge on any atom is -0.316 e. The summed E-state index contributed by atoms with van der Waals surface area (Å²) in [7, 11) is 3.82. The Morgan fingerprint density at radius 2 is 1.64 bits per heavy atom. The quantitative estimate of drug-likeness (QED) is 0.384. The van der Waals surface area contributed by atoms with Gasteiger partial charge in [0, 0.05) is 30.4 Å². The first-order valence-corrected chi connectivity index (χ1v) is 8.49. The fourth-order valence-electron chi connectivity index (χ4n) is 3.32. The molecular formula is C21H18ClN3. The first kappa shape index (κ1) is 15.7. The standard InChI is InChI=1S/C21H18ClN3/c1-24(17-10-8-16(22)9-11-17)21(23)25(2)19-13-7-15-5-3-4-14-6-12-18(19)20(14)15/h3-13,23H,1-2H3. The molecule has 4 rings (SSSR count). The van der Waals surface area contributed by atoms with Crippen LogP contribution in [-0.2, 0) is 0 Å². The lowest BCUT2D eigenvalue weighted by Crippen LogP contribution is -2.39. The Balaban J connectivity index is 1.71. The molecule has 0 heterocycles. The van der Waals surface area contributed by atoms with Gasteiger partial charge >= 0.3 is 0 Å². The fraction of sp³-hybridized carbons (Fsp3) is 0.0952. The topological polar surface area (TPSA) is 30.3 Å². The lowest BCUT2D eigenvalue weighted by Gasteiger charge is -2.29. The number of hydrogen-bond donors (Lipinski definition) is 1. The van der Waals surface area contributed by atoms with Gasteiger partial charge in [0.05, 0.1) is 5.69 Å². The van der Waals surface area contributed by atoms with Crippen LogP contribution in [0.15, 0.2) is 54.6 Å². The molecule has 0 radical (unpaired) electrons. The van der Waals surface area contributed by atoms with Crippen molar-refractivity contribution in [3.8, 4) is 0 Å². The Morgan fingerprint density at radius 1 is 0.880 bits per heavy atom. The molecule has 3 nitrogen and oxygen atoms in total. The maximum absolute atomic E-state index is 8.62. The number of benzene rings is 3.